The fraction of sp³-hybridized carbons (Fsp3) is 0.370. The van der Waals surface area contributed by atoms with Gasteiger partial charge in [-0.3, -0.25) is 9.59 Å². The minimum Gasteiger partial charge on any atom is -0.343 e. The standard InChI is InChI=1S/C27H27BrF2N6O3/c1-16-12-20(3-4-21(16)28)35-15-19(32-33-35)13-17-8-10-34(11-9-17)25(37)7-5-23-26(38)36(27(39)31-23)24-6-2-18(29)14-22(24)30/h2-4,6,12,14-15,17,23H,5,7-11,13H2,1H3,(H,31,39). The molecule has 5 rings (SSSR count). The van der Waals surface area contributed by atoms with E-state index < -0.39 is 29.6 Å². The molecule has 0 spiro atoms. The largest absolute Gasteiger partial charge is 0.343 e. The highest BCUT2D eigenvalue weighted by molar-refractivity contribution is 9.10. The van der Waals surface area contributed by atoms with Crippen LogP contribution in [-0.2, 0) is 16.0 Å². The molecule has 1 atom stereocenters. The first-order valence-electron chi connectivity index (χ1n) is 12.7. The number of carbonyl (C=O) groups excluding carboxylic acids is 3. The number of nitrogens with zero attached hydrogens (tertiary/aromatic N) is 5. The highest BCUT2D eigenvalue weighted by Crippen LogP contribution is 2.26. The van der Waals surface area contributed by atoms with Gasteiger partial charge >= 0.3 is 6.03 Å². The monoisotopic (exact) mass is 600 g/mol. The minimum atomic E-state index is -1.01. The first kappa shape index (κ1) is 26.9. The molecule has 204 valence electrons. The van der Waals surface area contributed by atoms with Crippen molar-refractivity contribution in [1.29, 1.82) is 0 Å². The molecule has 1 aromatic heterocycles. The van der Waals surface area contributed by atoms with Gasteiger partial charge in [-0.05, 0) is 74.4 Å². The van der Waals surface area contributed by atoms with Crippen molar-refractivity contribution in [2.45, 2.75) is 45.1 Å². The summed E-state index contributed by atoms with van der Waals surface area (Å²) in [5.74, 6) is -2.21. The number of carbonyl (C=O) groups is 3. The summed E-state index contributed by atoms with van der Waals surface area (Å²) in [7, 11) is 0. The van der Waals surface area contributed by atoms with Gasteiger partial charge in [0.05, 0.1) is 23.3 Å². The van der Waals surface area contributed by atoms with Crippen molar-refractivity contribution in [2.75, 3.05) is 18.0 Å². The number of hydrogen-bond donors (Lipinski definition) is 1. The average Bonchev–Trinajstić information content (AvgIpc) is 3.48. The van der Waals surface area contributed by atoms with Gasteiger partial charge in [0.15, 0.2) is 0 Å². The Kier molecular flexibility index (Phi) is 7.74. The summed E-state index contributed by atoms with van der Waals surface area (Å²) in [5, 5.41) is 11.1. The molecule has 0 bridgehead atoms. The summed E-state index contributed by atoms with van der Waals surface area (Å²) in [5.41, 5.74) is 2.64. The molecular weight excluding hydrogens is 574 g/mol. The number of halogens is 3. The van der Waals surface area contributed by atoms with Crippen LogP contribution in [-0.4, -0.2) is 56.9 Å². The van der Waals surface area contributed by atoms with Gasteiger partial charge in [0.1, 0.15) is 17.7 Å². The third-order valence-electron chi connectivity index (χ3n) is 7.23. The lowest BCUT2D eigenvalue weighted by Gasteiger charge is -2.32. The Hall–Kier alpha value is -3.67. The van der Waals surface area contributed by atoms with Crippen LogP contribution in [0.5, 0.6) is 0 Å². The Morgan fingerprint density at radius 3 is 2.62 bits per heavy atom. The molecule has 2 fully saturated rings. The number of aryl methyl sites for hydroxylation is 1. The Bertz CT molecular complexity index is 1420. The number of benzene rings is 2. The molecule has 3 aromatic rings. The Labute approximate surface area is 232 Å². The molecular formula is C27H27BrF2N6O3. The van der Waals surface area contributed by atoms with E-state index in [1.165, 1.54) is 0 Å². The summed E-state index contributed by atoms with van der Waals surface area (Å²) in [4.78, 5) is 40.3. The lowest BCUT2D eigenvalue weighted by atomic mass is 9.92. The minimum absolute atomic E-state index is 0.0715. The van der Waals surface area contributed by atoms with Crippen molar-refractivity contribution in [3.63, 3.8) is 0 Å². The number of amides is 4. The van der Waals surface area contributed by atoms with Gasteiger partial charge in [0.25, 0.3) is 5.91 Å². The molecule has 1 N–H and O–H groups in total. The fourth-order valence-corrected chi connectivity index (χ4v) is 5.26. The van der Waals surface area contributed by atoms with Crippen LogP contribution in [0.25, 0.3) is 5.69 Å². The van der Waals surface area contributed by atoms with E-state index in [1.807, 2.05) is 31.3 Å². The Morgan fingerprint density at radius 2 is 1.90 bits per heavy atom. The molecule has 0 saturated carbocycles. The number of likely N-dealkylation sites (tertiary alicyclic amines) is 1. The van der Waals surface area contributed by atoms with Gasteiger partial charge in [-0.2, -0.15) is 0 Å². The van der Waals surface area contributed by atoms with E-state index in [4.69, 9.17) is 0 Å². The second-order valence-electron chi connectivity index (χ2n) is 9.93. The van der Waals surface area contributed by atoms with Gasteiger partial charge in [-0.15, -0.1) is 5.10 Å². The summed E-state index contributed by atoms with van der Waals surface area (Å²) in [6.45, 7) is 3.22. The van der Waals surface area contributed by atoms with Gasteiger partial charge < -0.3 is 10.2 Å². The van der Waals surface area contributed by atoms with Crippen molar-refractivity contribution in [3.05, 3.63) is 70.0 Å². The van der Waals surface area contributed by atoms with Crippen LogP contribution >= 0.6 is 15.9 Å². The molecule has 39 heavy (non-hydrogen) atoms. The molecule has 4 amide bonds. The zero-order valence-electron chi connectivity index (χ0n) is 21.2. The van der Waals surface area contributed by atoms with Crippen molar-refractivity contribution in [1.82, 2.24) is 25.2 Å². The number of aromatic nitrogens is 3. The first-order valence-corrected chi connectivity index (χ1v) is 13.5. The Balaban J connectivity index is 1.09. The van der Waals surface area contributed by atoms with E-state index in [-0.39, 0.29) is 24.4 Å². The van der Waals surface area contributed by atoms with E-state index in [1.54, 1.807) is 9.58 Å². The molecule has 2 aliphatic rings. The van der Waals surface area contributed by atoms with Crippen molar-refractivity contribution in [2.24, 2.45) is 5.92 Å². The predicted molar refractivity (Wildman–Crippen MR) is 142 cm³/mol. The normalized spacial score (nSPS) is 18.1. The first-order chi connectivity index (χ1) is 18.7. The molecule has 12 heteroatoms. The van der Waals surface area contributed by atoms with E-state index in [0.717, 1.165) is 52.8 Å². The smallest absolute Gasteiger partial charge is 0.329 e. The Morgan fingerprint density at radius 1 is 1.13 bits per heavy atom. The second-order valence-corrected chi connectivity index (χ2v) is 10.8. The van der Waals surface area contributed by atoms with E-state index in [9.17, 15) is 23.2 Å². The zero-order chi connectivity index (χ0) is 27.7. The van der Waals surface area contributed by atoms with Gasteiger partial charge in [0.2, 0.25) is 5.91 Å². The molecule has 1 unspecified atom stereocenters. The van der Waals surface area contributed by atoms with E-state index >= 15 is 0 Å². The molecule has 9 nitrogen and oxygen atoms in total. The lowest BCUT2D eigenvalue weighted by Crippen LogP contribution is -2.40. The average molecular weight is 601 g/mol. The molecule has 0 radical (unpaired) electrons. The quantitative estimate of drug-likeness (QED) is 0.407. The van der Waals surface area contributed by atoms with Crippen LogP contribution in [0, 0.1) is 24.5 Å². The number of piperidine rings is 1. The summed E-state index contributed by atoms with van der Waals surface area (Å²) in [6.07, 6.45) is 4.53. The third-order valence-corrected chi connectivity index (χ3v) is 8.12. The van der Waals surface area contributed by atoms with Crippen LogP contribution in [0.1, 0.15) is 36.9 Å². The molecule has 0 aliphatic carbocycles. The fourth-order valence-electron chi connectivity index (χ4n) is 5.02. The molecule has 2 aromatic carbocycles. The van der Waals surface area contributed by atoms with Gasteiger partial charge in [0, 0.05) is 30.0 Å². The van der Waals surface area contributed by atoms with Gasteiger partial charge in [-0.25, -0.2) is 23.2 Å². The predicted octanol–water partition coefficient (Wildman–Crippen LogP) is 4.30. The second kappa shape index (κ2) is 11.2. The van der Waals surface area contributed by atoms with Crippen LogP contribution in [0.4, 0.5) is 19.3 Å². The van der Waals surface area contributed by atoms with E-state index in [2.05, 4.69) is 31.6 Å². The SMILES string of the molecule is Cc1cc(-n2cc(CC3CCN(C(=O)CCC4NC(=O)N(c5ccc(F)cc5F)C4=O)CC3)nn2)ccc1Br. The molecule has 3 heterocycles. The maximum Gasteiger partial charge on any atom is 0.329 e. The highest BCUT2D eigenvalue weighted by atomic mass is 79.9. The number of nitrogens with one attached hydrogen (secondary N) is 1. The molecule has 2 aliphatic heterocycles. The van der Waals surface area contributed by atoms with Crippen LogP contribution in [0.2, 0.25) is 0 Å². The summed E-state index contributed by atoms with van der Waals surface area (Å²) >= 11 is 3.51. The summed E-state index contributed by atoms with van der Waals surface area (Å²) < 4.78 is 30.1. The van der Waals surface area contributed by atoms with E-state index in [0.29, 0.717) is 30.0 Å². The van der Waals surface area contributed by atoms with Gasteiger partial charge in [-0.1, -0.05) is 21.1 Å². The van der Waals surface area contributed by atoms with Crippen LogP contribution < -0.4 is 10.2 Å². The lowest BCUT2D eigenvalue weighted by molar-refractivity contribution is -0.132. The van der Waals surface area contributed by atoms with Crippen LogP contribution in [0.3, 0.4) is 0 Å². The number of urea groups is 1. The topological polar surface area (TPSA) is 100 Å². The van der Waals surface area contributed by atoms with Crippen molar-refractivity contribution in [3.8, 4) is 5.69 Å². The maximum absolute atomic E-state index is 14.1. The maximum atomic E-state index is 14.1. The number of hydrogen-bond acceptors (Lipinski definition) is 5. The highest BCUT2D eigenvalue weighted by Gasteiger charge is 2.40. The number of imide groups is 1. The third kappa shape index (κ3) is 5.85. The number of anilines is 1. The zero-order valence-corrected chi connectivity index (χ0v) is 22.8. The van der Waals surface area contributed by atoms with Crippen molar-refractivity contribution >= 4 is 39.5 Å². The van der Waals surface area contributed by atoms with Crippen LogP contribution in [0.15, 0.2) is 47.1 Å². The van der Waals surface area contributed by atoms with Crippen molar-refractivity contribution < 1.29 is 23.2 Å². The molecule has 2 saturated heterocycles. The number of rotatable bonds is 7. The summed E-state index contributed by atoms with van der Waals surface area (Å²) in [6, 6.07) is 6.89.